The Bertz CT molecular complexity index is 525. The van der Waals surface area contributed by atoms with Crippen LogP contribution in [0.4, 0.5) is 0 Å². The van der Waals surface area contributed by atoms with E-state index in [2.05, 4.69) is 0 Å². The van der Waals surface area contributed by atoms with Crippen molar-refractivity contribution in [3.63, 3.8) is 0 Å². The van der Waals surface area contributed by atoms with E-state index in [-0.39, 0.29) is 16.9 Å². The van der Waals surface area contributed by atoms with Crippen LogP contribution in [0.3, 0.4) is 0 Å². The largest absolute Gasteiger partial charge is 0.488 e. The maximum Gasteiger partial charge on any atom is 0.261 e. The van der Waals surface area contributed by atoms with Crippen molar-refractivity contribution in [1.29, 1.82) is 0 Å². The van der Waals surface area contributed by atoms with Gasteiger partial charge in [0.25, 0.3) is 9.05 Å². The van der Waals surface area contributed by atoms with E-state index in [0.717, 1.165) is 5.56 Å². The molecule has 0 aliphatic carbocycles. The molecule has 0 spiro atoms. The highest BCUT2D eigenvalue weighted by molar-refractivity contribution is 8.13. The Hall–Kier alpha value is -0.780. The number of halogens is 1. The molecule has 1 atom stereocenters. The predicted octanol–water partition coefficient (Wildman–Crippen LogP) is 3.15. The maximum atomic E-state index is 11.3. The zero-order valence-corrected chi connectivity index (χ0v) is 13.1. The average molecular weight is 307 g/mol. The van der Waals surface area contributed by atoms with E-state index in [4.69, 9.17) is 20.2 Å². The van der Waals surface area contributed by atoms with E-state index in [0.29, 0.717) is 12.4 Å². The van der Waals surface area contributed by atoms with Gasteiger partial charge in [0.2, 0.25) is 0 Å². The molecule has 1 unspecified atom stereocenters. The molecule has 0 aliphatic heterocycles. The molecule has 6 heteroatoms. The number of benzene rings is 1. The van der Waals surface area contributed by atoms with Gasteiger partial charge in [-0.1, -0.05) is 13.8 Å². The van der Waals surface area contributed by atoms with Gasteiger partial charge in [0.1, 0.15) is 11.9 Å². The van der Waals surface area contributed by atoms with Crippen molar-refractivity contribution in [3.8, 4) is 5.75 Å². The Morgan fingerprint density at radius 2 is 1.89 bits per heavy atom. The van der Waals surface area contributed by atoms with Crippen LogP contribution in [0, 0.1) is 0 Å². The fourth-order valence-corrected chi connectivity index (χ4v) is 2.51. The molecule has 1 rings (SSSR count). The van der Waals surface area contributed by atoms with Gasteiger partial charge in [-0.3, -0.25) is 0 Å². The van der Waals surface area contributed by atoms with Crippen LogP contribution < -0.4 is 4.74 Å². The second-order valence-corrected chi connectivity index (χ2v) is 7.24. The lowest BCUT2D eigenvalue weighted by Crippen LogP contribution is -2.19. The van der Waals surface area contributed by atoms with Crippen LogP contribution in [-0.2, 0) is 13.8 Å². The third-order valence-corrected chi connectivity index (χ3v) is 3.97. The highest BCUT2D eigenvalue weighted by atomic mass is 35.7. The molecule has 1 aromatic carbocycles. The fraction of sp³-hybridized carbons (Fsp3) is 0.538. The number of hydrogen-bond donors (Lipinski definition) is 0. The Labute approximate surface area is 119 Å². The minimum absolute atomic E-state index is 0.0876. The van der Waals surface area contributed by atoms with Crippen molar-refractivity contribution in [3.05, 3.63) is 23.8 Å². The molecule has 0 bridgehead atoms. The van der Waals surface area contributed by atoms with Gasteiger partial charge >= 0.3 is 0 Å². The van der Waals surface area contributed by atoms with Gasteiger partial charge < -0.3 is 9.47 Å². The minimum atomic E-state index is -3.72. The Morgan fingerprint density at radius 1 is 1.26 bits per heavy atom. The van der Waals surface area contributed by atoms with Crippen LogP contribution in [0.15, 0.2) is 23.1 Å². The van der Waals surface area contributed by atoms with E-state index in [1.807, 2.05) is 20.8 Å². The van der Waals surface area contributed by atoms with Crippen LogP contribution in [0.25, 0.3) is 0 Å². The smallest absolute Gasteiger partial charge is 0.261 e. The van der Waals surface area contributed by atoms with Crippen molar-refractivity contribution in [2.24, 2.45) is 0 Å². The third-order valence-electron chi connectivity index (χ3n) is 2.61. The van der Waals surface area contributed by atoms with Gasteiger partial charge in [0, 0.05) is 17.8 Å². The minimum Gasteiger partial charge on any atom is -0.488 e. The van der Waals surface area contributed by atoms with Crippen molar-refractivity contribution in [2.75, 3.05) is 13.7 Å². The van der Waals surface area contributed by atoms with Gasteiger partial charge in [-0.05, 0) is 36.6 Å². The quantitative estimate of drug-likeness (QED) is 0.758. The van der Waals surface area contributed by atoms with Crippen molar-refractivity contribution in [1.82, 2.24) is 0 Å². The van der Waals surface area contributed by atoms with E-state index < -0.39 is 9.05 Å². The van der Waals surface area contributed by atoms with E-state index in [1.165, 1.54) is 6.07 Å². The summed E-state index contributed by atoms with van der Waals surface area (Å²) in [5.74, 6) is 0.784. The van der Waals surface area contributed by atoms with E-state index >= 15 is 0 Å². The van der Waals surface area contributed by atoms with Gasteiger partial charge in [-0.15, -0.1) is 0 Å². The number of ether oxygens (including phenoxy) is 2. The maximum absolute atomic E-state index is 11.3. The lowest BCUT2D eigenvalue weighted by molar-refractivity contribution is 0.0912. The summed E-state index contributed by atoms with van der Waals surface area (Å²) in [7, 11) is 3.24. The van der Waals surface area contributed by atoms with Gasteiger partial charge in [-0.2, -0.15) is 0 Å². The first-order valence-corrected chi connectivity index (χ1v) is 8.30. The molecular formula is C13H19ClO4S. The predicted molar refractivity (Wildman–Crippen MR) is 75.5 cm³/mol. The summed E-state index contributed by atoms with van der Waals surface area (Å²) >= 11 is 0. The Kier molecular flexibility index (Phi) is 5.64. The monoisotopic (exact) mass is 306 g/mol. The zero-order chi connectivity index (χ0) is 14.6. The molecule has 0 saturated carbocycles. The Morgan fingerprint density at radius 3 is 2.37 bits per heavy atom. The number of methoxy groups -OCH3 is 1. The van der Waals surface area contributed by atoms with E-state index in [9.17, 15) is 8.42 Å². The van der Waals surface area contributed by atoms with Crippen LogP contribution in [0.5, 0.6) is 5.75 Å². The summed E-state index contributed by atoms with van der Waals surface area (Å²) < 4.78 is 33.5. The van der Waals surface area contributed by atoms with Crippen molar-refractivity contribution >= 4 is 19.7 Å². The topological polar surface area (TPSA) is 52.6 Å². The second kappa shape index (κ2) is 6.59. The fourth-order valence-electron chi connectivity index (χ4n) is 1.72. The van der Waals surface area contributed by atoms with Crippen molar-refractivity contribution < 1.29 is 17.9 Å². The molecular weight excluding hydrogens is 288 g/mol. The number of rotatable bonds is 6. The summed E-state index contributed by atoms with van der Waals surface area (Å²) in [5, 5.41) is 0. The molecule has 0 N–H and O–H groups in total. The highest BCUT2D eigenvalue weighted by Gasteiger charge is 2.17. The van der Waals surface area contributed by atoms with Crippen LogP contribution >= 0.6 is 10.7 Å². The summed E-state index contributed by atoms with van der Waals surface area (Å²) in [4.78, 5) is 0.0876. The summed E-state index contributed by atoms with van der Waals surface area (Å²) in [6, 6.07) is 4.64. The molecule has 0 radical (unpaired) electrons. The molecule has 0 fully saturated rings. The molecule has 0 aromatic heterocycles. The number of hydrogen-bond acceptors (Lipinski definition) is 4. The molecule has 0 saturated heterocycles. The average Bonchev–Trinajstić information content (AvgIpc) is 2.27. The molecule has 19 heavy (non-hydrogen) atoms. The van der Waals surface area contributed by atoms with Gasteiger partial charge in [0.15, 0.2) is 0 Å². The highest BCUT2D eigenvalue weighted by Crippen LogP contribution is 2.30. The summed E-state index contributed by atoms with van der Waals surface area (Å²) in [5.41, 5.74) is 0.810. The summed E-state index contributed by atoms with van der Waals surface area (Å²) in [6.45, 7) is 6.29. The van der Waals surface area contributed by atoms with Crippen LogP contribution in [0.2, 0.25) is 0 Å². The van der Waals surface area contributed by atoms with Crippen LogP contribution in [0.1, 0.15) is 32.3 Å². The molecule has 0 amide bonds. The third kappa shape index (κ3) is 4.67. The van der Waals surface area contributed by atoms with Gasteiger partial charge in [-0.25, -0.2) is 8.42 Å². The first kappa shape index (κ1) is 16.3. The molecule has 0 heterocycles. The Balaban J connectivity index is 3.12. The lowest BCUT2D eigenvalue weighted by Gasteiger charge is -2.19. The second-order valence-electron chi connectivity index (χ2n) is 4.68. The zero-order valence-electron chi connectivity index (χ0n) is 11.5. The molecule has 4 nitrogen and oxygen atoms in total. The van der Waals surface area contributed by atoms with E-state index in [1.54, 1.807) is 19.2 Å². The standard InChI is InChI=1S/C13H19ClO4S/c1-9(2)12-7-11(19(14,15)16)5-6-13(12)18-10(3)8-17-4/h5-7,9-10H,8H2,1-4H3. The normalized spacial score (nSPS) is 13.6. The van der Waals surface area contributed by atoms with Crippen molar-refractivity contribution in [2.45, 2.75) is 37.7 Å². The molecule has 1 aromatic rings. The lowest BCUT2D eigenvalue weighted by atomic mass is 10.0. The molecule has 0 aliphatic rings. The summed E-state index contributed by atoms with van der Waals surface area (Å²) in [6.07, 6.45) is -0.110. The first-order chi connectivity index (χ1) is 8.75. The SMILES string of the molecule is COCC(C)Oc1ccc(S(=O)(=O)Cl)cc1C(C)C. The van der Waals surface area contributed by atoms with Crippen LogP contribution in [-0.4, -0.2) is 28.2 Å². The first-order valence-electron chi connectivity index (χ1n) is 6.00. The van der Waals surface area contributed by atoms with Gasteiger partial charge in [0.05, 0.1) is 11.5 Å². The molecule has 108 valence electrons.